The molecule has 4 aliphatic carbocycles. The van der Waals surface area contributed by atoms with Crippen LogP contribution in [0.3, 0.4) is 0 Å². The fraction of sp³-hybridized carbons (Fsp3) is 0.567. The molecule has 0 aromatic heterocycles. The molecule has 2 N–H and O–H groups in total. The second-order valence-electron chi connectivity index (χ2n) is 12.3. The first-order valence-corrected chi connectivity index (χ1v) is 13.6. The Kier molecular flexibility index (Phi) is 5.85. The molecule has 1 saturated heterocycles. The monoisotopic (exact) mass is 541 g/mol. The van der Waals surface area contributed by atoms with E-state index in [1.807, 2.05) is 0 Å². The standard InChI is InChI=1S/C30H33F2NO6/c1-27-9-7-20(36)12-23(27)24(31)13-22-21-11-18-15-33(19-5-3-17(4-6-19)8-10-34)39-30(18,26(38)16-35)28(21,2)14-25(37)29(22,27)32/h3-7,9-10,12,18,21-22,24-25,35,37H,8,11,13-16H2,1-2H3/t18-,21-,22-,24-,25-,27-,28-,29-,30-/m0/s1. The van der Waals surface area contributed by atoms with Gasteiger partial charge in [-0.15, -0.1) is 0 Å². The Morgan fingerprint density at radius 2 is 1.92 bits per heavy atom. The first-order chi connectivity index (χ1) is 18.5. The highest BCUT2D eigenvalue weighted by Crippen LogP contribution is 2.72. The van der Waals surface area contributed by atoms with Crippen LogP contribution >= 0.6 is 0 Å². The summed E-state index contributed by atoms with van der Waals surface area (Å²) < 4.78 is 33.1. The Balaban J connectivity index is 1.41. The van der Waals surface area contributed by atoms with Crippen molar-refractivity contribution >= 4 is 23.5 Å². The highest BCUT2D eigenvalue weighted by atomic mass is 19.1. The van der Waals surface area contributed by atoms with Gasteiger partial charge in [0.1, 0.15) is 19.1 Å². The zero-order valence-electron chi connectivity index (χ0n) is 22.0. The van der Waals surface area contributed by atoms with Gasteiger partial charge in [-0.2, -0.15) is 0 Å². The molecule has 1 heterocycles. The van der Waals surface area contributed by atoms with Crippen LogP contribution in [-0.4, -0.2) is 64.8 Å². The van der Waals surface area contributed by atoms with Crippen molar-refractivity contribution in [1.29, 1.82) is 0 Å². The fourth-order valence-electron chi connectivity index (χ4n) is 8.91. The molecule has 1 aromatic carbocycles. The quantitative estimate of drug-likeness (QED) is 0.553. The Labute approximate surface area is 225 Å². The molecule has 0 amide bonds. The van der Waals surface area contributed by atoms with E-state index in [1.165, 1.54) is 12.2 Å². The van der Waals surface area contributed by atoms with Crippen LogP contribution < -0.4 is 5.06 Å². The minimum Gasteiger partial charge on any atom is -0.390 e. The molecule has 39 heavy (non-hydrogen) atoms. The summed E-state index contributed by atoms with van der Waals surface area (Å²) in [4.78, 5) is 43.0. The van der Waals surface area contributed by atoms with Crippen LogP contribution in [0.2, 0.25) is 0 Å². The van der Waals surface area contributed by atoms with Crippen molar-refractivity contribution in [2.45, 2.75) is 63.1 Å². The number of carbonyl (C=O) groups excluding carboxylic acids is 3. The van der Waals surface area contributed by atoms with Gasteiger partial charge in [0.05, 0.1) is 18.3 Å². The number of aliphatic hydroxyl groups is 2. The first kappa shape index (κ1) is 26.5. The topological polar surface area (TPSA) is 104 Å². The van der Waals surface area contributed by atoms with Crippen LogP contribution in [0.15, 0.2) is 48.1 Å². The van der Waals surface area contributed by atoms with Gasteiger partial charge in [0.2, 0.25) is 0 Å². The molecule has 0 bridgehead atoms. The number of benzene rings is 1. The number of carbonyl (C=O) groups is 3. The number of nitrogens with zero attached hydrogens (tertiary/aromatic N) is 1. The number of halogens is 2. The zero-order valence-corrected chi connectivity index (χ0v) is 22.0. The minimum atomic E-state index is -2.25. The van der Waals surface area contributed by atoms with Crippen LogP contribution in [0.4, 0.5) is 14.5 Å². The summed E-state index contributed by atoms with van der Waals surface area (Å²) in [5, 5.41) is 23.3. The number of Topliss-reactive ketones (excluding diaryl/α,β-unsaturated/α-hetero) is 1. The third-order valence-electron chi connectivity index (χ3n) is 10.7. The van der Waals surface area contributed by atoms with Gasteiger partial charge in [0.15, 0.2) is 22.8 Å². The number of aliphatic hydroxyl groups excluding tert-OH is 2. The molecular weight excluding hydrogens is 508 g/mol. The summed E-state index contributed by atoms with van der Waals surface area (Å²) >= 11 is 0. The molecule has 0 spiro atoms. The van der Waals surface area contributed by atoms with Crippen molar-refractivity contribution in [2.24, 2.45) is 28.6 Å². The van der Waals surface area contributed by atoms with Crippen LogP contribution in [0.1, 0.15) is 38.7 Å². The fourth-order valence-corrected chi connectivity index (χ4v) is 8.91. The van der Waals surface area contributed by atoms with E-state index < -0.39 is 70.3 Å². The number of rotatable bonds is 5. The van der Waals surface area contributed by atoms with E-state index >= 15 is 8.78 Å². The van der Waals surface area contributed by atoms with E-state index in [9.17, 15) is 24.6 Å². The lowest BCUT2D eigenvalue weighted by Crippen LogP contribution is -2.70. The summed E-state index contributed by atoms with van der Waals surface area (Å²) in [6.45, 7) is 2.85. The van der Waals surface area contributed by atoms with E-state index in [0.717, 1.165) is 17.9 Å². The maximum atomic E-state index is 17.4. The van der Waals surface area contributed by atoms with E-state index in [2.05, 4.69) is 0 Å². The van der Waals surface area contributed by atoms with Gasteiger partial charge in [0.25, 0.3) is 0 Å². The van der Waals surface area contributed by atoms with Gasteiger partial charge in [-0.3, -0.25) is 19.5 Å². The lowest BCUT2D eigenvalue weighted by Gasteiger charge is -2.63. The number of ketones is 2. The van der Waals surface area contributed by atoms with E-state index in [4.69, 9.17) is 4.84 Å². The number of aldehydes is 1. The highest BCUT2D eigenvalue weighted by Gasteiger charge is 2.79. The molecule has 1 aromatic rings. The molecule has 5 aliphatic rings. The summed E-state index contributed by atoms with van der Waals surface area (Å²) in [7, 11) is 0. The van der Waals surface area contributed by atoms with Gasteiger partial charge in [-0.25, -0.2) is 8.78 Å². The molecule has 9 atom stereocenters. The molecule has 9 heteroatoms. The largest absolute Gasteiger partial charge is 0.390 e. The second-order valence-corrected chi connectivity index (χ2v) is 12.3. The number of hydrogen-bond acceptors (Lipinski definition) is 7. The SMILES string of the molecule is C[C@]12C=CC(=O)C=C1[C@@H](F)C[C@H]1[C@@H]3C[C@H]4CN(c5ccc(CC=O)cc5)O[C@@]4(C(=O)CO)[C@@]3(C)C[C@H](O)[C@@]12F. The van der Waals surface area contributed by atoms with Crippen LogP contribution in [-0.2, 0) is 25.6 Å². The maximum absolute atomic E-state index is 17.4. The molecule has 3 saturated carbocycles. The third kappa shape index (κ3) is 3.21. The smallest absolute Gasteiger partial charge is 0.193 e. The van der Waals surface area contributed by atoms with Crippen molar-refractivity contribution in [3.8, 4) is 0 Å². The number of fused-ring (bicyclic) bond motifs is 7. The second kappa shape index (κ2) is 8.62. The average Bonchev–Trinajstić information content (AvgIpc) is 3.41. The van der Waals surface area contributed by atoms with Crippen LogP contribution in [0.25, 0.3) is 0 Å². The van der Waals surface area contributed by atoms with E-state index in [0.29, 0.717) is 18.7 Å². The number of anilines is 1. The molecule has 208 valence electrons. The highest BCUT2D eigenvalue weighted by molar-refractivity contribution is 6.01. The van der Waals surface area contributed by atoms with Gasteiger partial charge >= 0.3 is 0 Å². The normalized spacial score (nSPS) is 44.3. The molecule has 6 rings (SSSR count). The number of hydroxylamine groups is 1. The van der Waals surface area contributed by atoms with Crippen LogP contribution in [0.5, 0.6) is 0 Å². The molecule has 7 nitrogen and oxygen atoms in total. The average molecular weight is 542 g/mol. The van der Waals surface area contributed by atoms with Crippen LogP contribution in [0, 0.1) is 28.6 Å². The first-order valence-electron chi connectivity index (χ1n) is 13.6. The Hall–Kier alpha value is -2.75. The number of alkyl halides is 2. The number of hydrogen-bond donors (Lipinski definition) is 2. The molecule has 0 unspecified atom stereocenters. The van der Waals surface area contributed by atoms with Crippen molar-refractivity contribution in [3.05, 3.63) is 53.6 Å². The molecule has 4 fully saturated rings. The van der Waals surface area contributed by atoms with Crippen molar-refractivity contribution in [2.75, 3.05) is 18.2 Å². The molecule has 1 aliphatic heterocycles. The Morgan fingerprint density at radius 1 is 1.21 bits per heavy atom. The predicted molar refractivity (Wildman–Crippen MR) is 137 cm³/mol. The summed E-state index contributed by atoms with van der Waals surface area (Å²) in [5.74, 6) is -2.82. The van der Waals surface area contributed by atoms with Gasteiger partial charge in [-0.1, -0.05) is 25.1 Å². The molecule has 0 radical (unpaired) electrons. The lowest BCUT2D eigenvalue weighted by molar-refractivity contribution is -0.228. The third-order valence-corrected chi connectivity index (χ3v) is 10.7. The van der Waals surface area contributed by atoms with Crippen molar-refractivity contribution in [1.82, 2.24) is 0 Å². The maximum Gasteiger partial charge on any atom is 0.193 e. The summed E-state index contributed by atoms with van der Waals surface area (Å²) in [5.41, 5.74) is -4.83. The zero-order chi connectivity index (χ0) is 28.0. The van der Waals surface area contributed by atoms with Gasteiger partial charge in [-0.05, 0) is 67.5 Å². The van der Waals surface area contributed by atoms with E-state index in [-0.39, 0.29) is 24.8 Å². The van der Waals surface area contributed by atoms with E-state index in [1.54, 1.807) is 43.2 Å². The predicted octanol–water partition coefficient (Wildman–Crippen LogP) is 3.02. The van der Waals surface area contributed by atoms with Crippen molar-refractivity contribution in [3.63, 3.8) is 0 Å². The Bertz CT molecular complexity index is 1300. The van der Waals surface area contributed by atoms with Gasteiger partial charge in [0, 0.05) is 29.1 Å². The summed E-state index contributed by atoms with van der Waals surface area (Å²) in [6, 6.07) is 7.18. The summed E-state index contributed by atoms with van der Waals surface area (Å²) in [6.07, 6.45) is 1.76. The molecular formula is C30H33F2NO6. The number of allylic oxidation sites excluding steroid dienone is 4. The minimum absolute atomic E-state index is 0.0520. The lowest BCUT2D eigenvalue weighted by atomic mass is 9.44. The van der Waals surface area contributed by atoms with Gasteiger partial charge < -0.3 is 15.0 Å². The van der Waals surface area contributed by atoms with Crippen molar-refractivity contribution < 1.29 is 38.2 Å². The Morgan fingerprint density at radius 3 is 2.59 bits per heavy atom.